The molecule has 0 aliphatic rings. The molecule has 0 saturated carbocycles. The summed E-state index contributed by atoms with van der Waals surface area (Å²) in [6.45, 7) is 13.6. The highest BCUT2D eigenvalue weighted by Gasteiger charge is 2.18. The molecule has 1 amide bonds. The van der Waals surface area contributed by atoms with Crippen LogP contribution in [0.4, 0.5) is 4.79 Å². The molecule has 0 saturated heterocycles. The Labute approximate surface area is 141 Å². The van der Waals surface area contributed by atoms with E-state index < -0.39 is 5.60 Å². The highest BCUT2D eigenvalue weighted by Crippen LogP contribution is 2.14. The van der Waals surface area contributed by atoms with Crippen LogP contribution in [0.2, 0.25) is 0 Å². The van der Waals surface area contributed by atoms with Crippen molar-refractivity contribution in [3.8, 4) is 0 Å². The van der Waals surface area contributed by atoms with Crippen LogP contribution in [-0.4, -0.2) is 24.3 Å². The minimum absolute atomic E-state index is 0.0692. The molecule has 23 heavy (non-hydrogen) atoms. The van der Waals surface area contributed by atoms with Crippen LogP contribution in [0.1, 0.15) is 65.0 Å². The summed E-state index contributed by atoms with van der Waals surface area (Å²) in [5.41, 5.74) is 2.14. The Kier molecular flexibility index (Phi) is 7.56. The van der Waals surface area contributed by atoms with Crippen molar-refractivity contribution in [2.45, 2.75) is 72.1 Å². The molecule has 0 aromatic heterocycles. The van der Waals surface area contributed by atoms with E-state index >= 15 is 0 Å². The maximum atomic E-state index is 11.8. The van der Waals surface area contributed by atoms with Gasteiger partial charge in [0.1, 0.15) is 5.60 Å². The fraction of sp³-hybridized carbons (Fsp3) is 0.632. The van der Waals surface area contributed by atoms with E-state index in [1.54, 1.807) is 0 Å². The van der Waals surface area contributed by atoms with Crippen molar-refractivity contribution in [1.82, 2.24) is 10.6 Å². The summed E-state index contributed by atoms with van der Waals surface area (Å²) < 4.78 is 5.29. The second-order valence-corrected chi connectivity index (χ2v) is 7.28. The standard InChI is InChI=1S/C19H32N2O2/c1-7-17(21-18(22)23-19(4,5)6)13-20-12-15-8-10-16(11-9-15)14(2)3/h8-11,14,17,20H,7,12-13H2,1-6H3,(H,21,22). The van der Waals surface area contributed by atoms with Gasteiger partial charge in [0.25, 0.3) is 0 Å². The third-order valence-electron chi connectivity index (χ3n) is 3.58. The molecule has 0 bridgehead atoms. The van der Waals surface area contributed by atoms with Gasteiger partial charge in [0.05, 0.1) is 0 Å². The molecule has 1 atom stereocenters. The van der Waals surface area contributed by atoms with Gasteiger partial charge in [-0.3, -0.25) is 0 Å². The molecule has 0 aliphatic heterocycles. The Hall–Kier alpha value is -1.55. The zero-order valence-corrected chi connectivity index (χ0v) is 15.4. The van der Waals surface area contributed by atoms with Gasteiger partial charge in [0.15, 0.2) is 0 Å². The highest BCUT2D eigenvalue weighted by molar-refractivity contribution is 5.68. The molecule has 1 rings (SSSR count). The number of nitrogens with one attached hydrogen (secondary N) is 2. The summed E-state index contributed by atoms with van der Waals surface area (Å²) in [6, 6.07) is 8.74. The van der Waals surface area contributed by atoms with Gasteiger partial charge in [-0.2, -0.15) is 0 Å². The number of ether oxygens (including phenoxy) is 1. The third kappa shape index (κ3) is 8.03. The van der Waals surface area contributed by atoms with E-state index in [2.05, 4.69) is 55.7 Å². The van der Waals surface area contributed by atoms with Crippen LogP contribution in [-0.2, 0) is 11.3 Å². The Balaban J connectivity index is 2.38. The normalized spacial score (nSPS) is 13.0. The summed E-state index contributed by atoms with van der Waals surface area (Å²) in [4.78, 5) is 11.8. The topological polar surface area (TPSA) is 50.4 Å². The molecule has 130 valence electrons. The van der Waals surface area contributed by atoms with E-state index in [0.717, 1.165) is 19.5 Å². The number of rotatable bonds is 7. The van der Waals surface area contributed by atoms with Gasteiger partial charge in [-0.15, -0.1) is 0 Å². The summed E-state index contributed by atoms with van der Waals surface area (Å²) in [7, 11) is 0. The molecule has 1 unspecified atom stereocenters. The van der Waals surface area contributed by atoms with E-state index in [0.29, 0.717) is 5.92 Å². The Morgan fingerprint density at radius 1 is 1.17 bits per heavy atom. The minimum atomic E-state index is -0.464. The minimum Gasteiger partial charge on any atom is -0.444 e. The number of benzene rings is 1. The van der Waals surface area contributed by atoms with Crippen molar-refractivity contribution in [2.75, 3.05) is 6.54 Å². The fourth-order valence-electron chi connectivity index (χ4n) is 2.18. The highest BCUT2D eigenvalue weighted by atomic mass is 16.6. The maximum Gasteiger partial charge on any atom is 0.407 e. The summed E-state index contributed by atoms with van der Waals surface area (Å²) in [6.07, 6.45) is 0.505. The molecule has 0 fully saturated rings. The molecule has 4 heteroatoms. The Bertz CT molecular complexity index is 475. The van der Waals surface area contributed by atoms with Gasteiger partial charge in [0, 0.05) is 19.1 Å². The lowest BCUT2D eigenvalue weighted by Gasteiger charge is -2.23. The quantitative estimate of drug-likeness (QED) is 0.791. The van der Waals surface area contributed by atoms with E-state index in [1.807, 2.05) is 20.8 Å². The van der Waals surface area contributed by atoms with Crippen molar-refractivity contribution in [3.05, 3.63) is 35.4 Å². The molecule has 0 radical (unpaired) electrons. The van der Waals surface area contributed by atoms with Crippen LogP contribution < -0.4 is 10.6 Å². The van der Waals surface area contributed by atoms with Crippen LogP contribution in [0.25, 0.3) is 0 Å². The number of alkyl carbamates (subject to hydrolysis) is 1. The third-order valence-corrected chi connectivity index (χ3v) is 3.58. The van der Waals surface area contributed by atoms with Crippen LogP contribution in [0.5, 0.6) is 0 Å². The number of carbonyl (C=O) groups is 1. The number of hydrogen-bond acceptors (Lipinski definition) is 3. The van der Waals surface area contributed by atoms with Crippen molar-refractivity contribution in [3.63, 3.8) is 0 Å². The molecule has 0 heterocycles. The number of carbonyl (C=O) groups excluding carboxylic acids is 1. The predicted octanol–water partition coefficient (Wildman–Crippen LogP) is 4.20. The molecule has 4 nitrogen and oxygen atoms in total. The monoisotopic (exact) mass is 320 g/mol. The Morgan fingerprint density at radius 3 is 2.26 bits per heavy atom. The molecule has 1 aromatic carbocycles. The summed E-state index contributed by atoms with van der Waals surface area (Å²) in [5.74, 6) is 0.555. The summed E-state index contributed by atoms with van der Waals surface area (Å²) in [5, 5.41) is 6.31. The molecule has 1 aromatic rings. The van der Waals surface area contributed by atoms with Gasteiger partial charge in [0.2, 0.25) is 0 Å². The van der Waals surface area contributed by atoms with Gasteiger partial charge < -0.3 is 15.4 Å². The average molecular weight is 320 g/mol. The molecule has 0 aliphatic carbocycles. The van der Waals surface area contributed by atoms with Gasteiger partial charge >= 0.3 is 6.09 Å². The lowest BCUT2D eigenvalue weighted by molar-refractivity contribution is 0.0502. The van der Waals surface area contributed by atoms with E-state index in [-0.39, 0.29) is 12.1 Å². The first-order chi connectivity index (χ1) is 10.7. The first kappa shape index (κ1) is 19.5. The first-order valence-corrected chi connectivity index (χ1v) is 8.50. The molecular weight excluding hydrogens is 288 g/mol. The van der Waals surface area contributed by atoms with Gasteiger partial charge in [-0.1, -0.05) is 45.0 Å². The number of amides is 1. The SMILES string of the molecule is CCC(CNCc1ccc(C(C)C)cc1)NC(=O)OC(C)(C)C. The van der Waals surface area contributed by atoms with Crippen LogP contribution in [0.3, 0.4) is 0 Å². The fourth-order valence-corrected chi connectivity index (χ4v) is 2.18. The molecule has 2 N–H and O–H groups in total. The van der Waals surface area contributed by atoms with Crippen molar-refractivity contribution in [1.29, 1.82) is 0 Å². The van der Waals surface area contributed by atoms with Gasteiger partial charge in [-0.25, -0.2) is 4.79 Å². The maximum absolute atomic E-state index is 11.8. The van der Waals surface area contributed by atoms with Crippen molar-refractivity contribution in [2.24, 2.45) is 0 Å². The first-order valence-electron chi connectivity index (χ1n) is 8.50. The van der Waals surface area contributed by atoms with Crippen LogP contribution in [0, 0.1) is 0 Å². The lowest BCUT2D eigenvalue weighted by atomic mass is 10.0. The van der Waals surface area contributed by atoms with Crippen LogP contribution in [0.15, 0.2) is 24.3 Å². The average Bonchev–Trinajstić information content (AvgIpc) is 2.44. The zero-order chi connectivity index (χ0) is 17.5. The Morgan fingerprint density at radius 2 is 1.78 bits per heavy atom. The van der Waals surface area contributed by atoms with Crippen molar-refractivity contribution >= 4 is 6.09 Å². The van der Waals surface area contributed by atoms with Gasteiger partial charge in [-0.05, 0) is 44.2 Å². The van der Waals surface area contributed by atoms with E-state index in [9.17, 15) is 4.79 Å². The smallest absolute Gasteiger partial charge is 0.407 e. The van der Waals surface area contributed by atoms with Crippen molar-refractivity contribution < 1.29 is 9.53 Å². The van der Waals surface area contributed by atoms with E-state index in [4.69, 9.17) is 4.74 Å². The predicted molar refractivity (Wildman–Crippen MR) is 95.7 cm³/mol. The largest absolute Gasteiger partial charge is 0.444 e. The lowest BCUT2D eigenvalue weighted by Crippen LogP contribution is -2.43. The second-order valence-electron chi connectivity index (χ2n) is 7.28. The van der Waals surface area contributed by atoms with Crippen LogP contribution >= 0.6 is 0 Å². The molecular formula is C19H32N2O2. The second kappa shape index (κ2) is 8.92. The molecule has 0 spiro atoms. The summed E-state index contributed by atoms with van der Waals surface area (Å²) >= 11 is 0. The zero-order valence-electron chi connectivity index (χ0n) is 15.4. The van der Waals surface area contributed by atoms with E-state index in [1.165, 1.54) is 11.1 Å². The number of hydrogen-bond donors (Lipinski definition) is 2.